The monoisotopic (exact) mass is 397 g/mol. The van der Waals surface area contributed by atoms with Gasteiger partial charge in [-0.3, -0.25) is 4.21 Å². The molecule has 0 N–H and O–H groups in total. The largest absolute Gasteiger partial charge is 0.768 e. The van der Waals surface area contributed by atoms with Crippen LogP contribution in [-0.2, 0) is 11.1 Å². The minimum Gasteiger partial charge on any atom is -0.768 e. The van der Waals surface area contributed by atoms with Crippen LogP contribution in [0.4, 0.5) is 5.69 Å². The number of fused-ring (bicyclic) bond motifs is 1. The summed E-state index contributed by atoms with van der Waals surface area (Å²) < 4.78 is 27.2. The predicted octanol–water partition coefficient (Wildman–Crippen LogP) is 2.66. The maximum Gasteiger partial charge on any atom is 0.158 e. The fraction of sp³-hybridized carbons (Fsp3) is 0.400. The zero-order chi connectivity index (χ0) is 19.1. The lowest BCUT2D eigenvalue weighted by Gasteiger charge is -2.42. The molecule has 2 aliphatic rings. The quantitative estimate of drug-likeness (QED) is 0.612. The van der Waals surface area contributed by atoms with E-state index in [1.807, 2.05) is 18.2 Å². The second-order valence-corrected chi connectivity index (χ2v) is 8.61. The lowest BCUT2D eigenvalue weighted by Crippen LogP contribution is -2.51. The van der Waals surface area contributed by atoms with Gasteiger partial charge in [0.2, 0.25) is 0 Å². The molecule has 0 saturated carbocycles. The van der Waals surface area contributed by atoms with Crippen molar-refractivity contribution in [1.82, 2.24) is 15.2 Å². The number of likely N-dealkylation sites (tertiary alicyclic amines) is 1. The Balaban J connectivity index is 1.40. The number of benzene rings is 2. The van der Waals surface area contributed by atoms with Crippen LogP contribution in [-0.4, -0.2) is 56.7 Å². The smallest absolute Gasteiger partial charge is 0.158 e. The van der Waals surface area contributed by atoms with Gasteiger partial charge in [0, 0.05) is 30.4 Å². The molecule has 1 unspecified atom stereocenters. The van der Waals surface area contributed by atoms with Crippen LogP contribution in [0, 0.1) is 5.92 Å². The zero-order valence-corrected chi connectivity index (χ0v) is 16.2. The van der Waals surface area contributed by atoms with Gasteiger partial charge in [-0.2, -0.15) is 0 Å². The summed E-state index contributed by atoms with van der Waals surface area (Å²) in [6.07, 6.45) is 2.64. The minimum atomic E-state index is -2.22. The summed E-state index contributed by atoms with van der Waals surface area (Å²) in [6, 6.07) is 10.9. The minimum absolute atomic E-state index is 0.278. The summed E-state index contributed by atoms with van der Waals surface area (Å²) in [5.74, 6) is 0.683. The molecule has 2 saturated heterocycles. The second kappa shape index (κ2) is 7.27. The summed E-state index contributed by atoms with van der Waals surface area (Å²) in [5, 5.41) is 8.14. The van der Waals surface area contributed by atoms with E-state index in [1.54, 1.807) is 12.1 Å². The molecular formula is C20H21N4O3S-. The number of nitrogens with zero attached hydrogens (tertiary/aromatic N) is 4. The van der Waals surface area contributed by atoms with Crippen molar-refractivity contribution in [1.29, 1.82) is 0 Å². The molecule has 1 atom stereocenters. The summed E-state index contributed by atoms with van der Waals surface area (Å²) >= 11 is -2.22. The first-order chi connectivity index (χ1) is 13.7. The molecule has 0 amide bonds. The molecule has 28 heavy (non-hydrogen) atoms. The standard InChI is InChI=1S/C20H22N4O3S/c25-28(26)17-5-3-15(4-6-17)16-9-18-20(22-27-21-18)19(10-16)24-12-14(13-24)11-23-7-1-2-8-23/h3-6,9-10,14H,1-2,7-8,11-13H2,(H,25,26)/p-1. The van der Waals surface area contributed by atoms with E-state index in [2.05, 4.69) is 26.2 Å². The van der Waals surface area contributed by atoms with E-state index in [4.69, 9.17) is 4.63 Å². The van der Waals surface area contributed by atoms with Crippen molar-refractivity contribution >= 4 is 27.8 Å². The van der Waals surface area contributed by atoms with Crippen molar-refractivity contribution in [3.63, 3.8) is 0 Å². The highest BCUT2D eigenvalue weighted by molar-refractivity contribution is 7.79. The maximum atomic E-state index is 11.1. The van der Waals surface area contributed by atoms with Crippen LogP contribution in [0.15, 0.2) is 45.9 Å². The fourth-order valence-electron chi connectivity index (χ4n) is 4.25. The maximum absolute atomic E-state index is 11.1. The molecule has 2 aromatic carbocycles. The van der Waals surface area contributed by atoms with Gasteiger partial charge in [0.1, 0.15) is 5.52 Å². The number of hydrogen-bond donors (Lipinski definition) is 0. The fourth-order valence-corrected chi connectivity index (χ4v) is 4.61. The van der Waals surface area contributed by atoms with E-state index in [9.17, 15) is 8.76 Å². The van der Waals surface area contributed by atoms with Crippen LogP contribution in [0.3, 0.4) is 0 Å². The average molecular weight is 397 g/mol. The van der Waals surface area contributed by atoms with E-state index in [0.717, 1.165) is 35.4 Å². The van der Waals surface area contributed by atoms with Crippen molar-refractivity contribution in [2.24, 2.45) is 5.92 Å². The SMILES string of the molecule is O=S([O-])c1ccc(-c2cc(N3CC(CN4CCCC4)C3)c3nonc3c2)cc1. The van der Waals surface area contributed by atoms with Crippen LogP contribution in [0.5, 0.6) is 0 Å². The van der Waals surface area contributed by atoms with E-state index in [1.165, 1.54) is 32.5 Å². The summed E-state index contributed by atoms with van der Waals surface area (Å²) in [7, 11) is 0. The molecule has 5 rings (SSSR count). The van der Waals surface area contributed by atoms with E-state index in [0.29, 0.717) is 11.4 Å². The van der Waals surface area contributed by atoms with Crippen molar-refractivity contribution in [3.8, 4) is 11.1 Å². The van der Waals surface area contributed by atoms with E-state index < -0.39 is 11.1 Å². The summed E-state index contributed by atoms with van der Waals surface area (Å²) in [4.78, 5) is 5.17. The zero-order valence-electron chi connectivity index (χ0n) is 15.4. The van der Waals surface area contributed by atoms with Crippen LogP contribution >= 0.6 is 0 Å². The Kier molecular flexibility index (Phi) is 4.62. The predicted molar refractivity (Wildman–Crippen MR) is 106 cm³/mol. The molecule has 0 bridgehead atoms. The second-order valence-electron chi connectivity index (χ2n) is 7.67. The van der Waals surface area contributed by atoms with Gasteiger partial charge in [0.25, 0.3) is 0 Å². The molecule has 3 aromatic rings. The highest BCUT2D eigenvalue weighted by Crippen LogP contribution is 2.35. The first kappa shape index (κ1) is 17.8. The third-order valence-electron chi connectivity index (χ3n) is 5.73. The van der Waals surface area contributed by atoms with Crippen molar-refractivity contribution in [2.75, 3.05) is 37.6 Å². The Bertz CT molecular complexity index is 1010. The van der Waals surface area contributed by atoms with Crippen LogP contribution in [0.25, 0.3) is 22.2 Å². The third-order valence-corrected chi connectivity index (χ3v) is 6.39. The third kappa shape index (κ3) is 3.32. The Morgan fingerprint density at radius 2 is 1.82 bits per heavy atom. The topological polar surface area (TPSA) is 85.5 Å². The van der Waals surface area contributed by atoms with Gasteiger partial charge in [-0.05, 0) is 82.7 Å². The van der Waals surface area contributed by atoms with Crippen LogP contribution in [0.1, 0.15) is 12.8 Å². The molecule has 0 spiro atoms. The van der Waals surface area contributed by atoms with Crippen molar-refractivity contribution in [3.05, 3.63) is 36.4 Å². The molecule has 146 valence electrons. The van der Waals surface area contributed by atoms with Gasteiger partial charge in [-0.15, -0.1) is 0 Å². The van der Waals surface area contributed by atoms with Gasteiger partial charge >= 0.3 is 0 Å². The Morgan fingerprint density at radius 3 is 2.54 bits per heavy atom. The molecule has 0 aliphatic carbocycles. The molecule has 0 radical (unpaired) electrons. The van der Waals surface area contributed by atoms with Gasteiger partial charge in [0.15, 0.2) is 5.52 Å². The van der Waals surface area contributed by atoms with Crippen LogP contribution in [0.2, 0.25) is 0 Å². The van der Waals surface area contributed by atoms with E-state index in [-0.39, 0.29) is 4.90 Å². The number of rotatable bonds is 5. The van der Waals surface area contributed by atoms with Gasteiger partial charge in [0.05, 0.1) is 5.69 Å². The van der Waals surface area contributed by atoms with E-state index >= 15 is 0 Å². The number of aromatic nitrogens is 2. The number of hydrogen-bond acceptors (Lipinski definition) is 7. The first-order valence-electron chi connectivity index (χ1n) is 9.61. The van der Waals surface area contributed by atoms with Gasteiger partial charge in [-0.1, -0.05) is 12.1 Å². The molecule has 3 heterocycles. The average Bonchev–Trinajstić information content (AvgIpc) is 3.35. The Labute approximate surface area is 165 Å². The van der Waals surface area contributed by atoms with Crippen LogP contribution < -0.4 is 4.90 Å². The highest BCUT2D eigenvalue weighted by Gasteiger charge is 2.31. The molecular weight excluding hydrogens is 376 g/mol. The lowest BCUT2D eigenvalue weighted by molar-refractivity contribution is 0.247. The molecule has 2 fully saturated rings. The van der Waals surface area contributed by atoms with Crippen molar-refractivity contribution in [2.45, 2.75) is 17.7 Å². The molecule has 8 heteroatoms. The Hall–Kier alpha value is -2.29. The number of anilines is 1. The molecule has 7 nitrogen and oxygen atoms in total. The molecule has 2 aliphatic heterocycles. The van der Waals surface area contributed by atoms with Gasteiger partial charge < -0.3 is 14.4 Å². The highest BCUT2D eigenvalue weighted by atomic mass is 32.2. The molecule has 1 aromatic heterocycles. The summed E-state index contributed by atoms with van der Waals surface area (Å²) in [5.41, 5.74) is 4.44. The first-order valence-corrected chi connectivity index (χ1v) is 10.7. The van der Waals surface area contributed by atoms with Crippen molar-refractivity contribution < 1.29 is 13.4 Å². The van der Waals surface area contributed by atoms with Gasteiger partial charge in [-0.25, -0.2) is 4.63 Å². The normalized spacial score (nSPS) is 19.2. The summed E-state index contributed by atoms with van der Waals surface area (Å²) in [6.45, 7) is 5.65. The Morgan fingerprint density at radius 1 is 1.07 bits per heavy atom. The lowest BCUT2D eigenvalue weighted by atomic mass is 9.96.